The Balaban J connectivity index is 1.37. The fourth-order valence-corrected chi connectivity index (χ4v) is 7.75. The molecular weight excluding hydrogens is 548 g/mol. The third kappa shape index (κ3) is 5.22. The quantitative estimate of drug-likeness (QED) is 0.327. The van der Waals surface area contributed by atoms with Gasteiger partial charge >= 0.3 is 0 Å². The van der Waals surface area contributed by atoms with E-state index in [9.17, 15) is 19.5 Å². The Kier molecular flexibility index (Phi) is 8.73. The summed E-state index contributed by atoms with van der Waals surface area (Å²) in [5.41, 5.74) is -1.48. The Bertz CT molecular complexity index is 1250. The smallest absolute Gasteiger partial charge is 0.249 e. The third-order valence-corrected chi connectivity index (χ3v) is 9.94. The Morgan fingerprint density at radius 1 is 0.860 bits per heavy atom. The number of fused-ring (bicyclic) bond motifs is 2. The Morgan fingerprint density at radius 3 is 2.37 bits per heavy atom. The largest absolute Gasteiger partial charge is 0.396 e. The fraction of sp³-hybridized carbons (Fsp3) is 0.606. The molecule has 1 aromatic rings. The van der Waals surface area contributed by atoms with Gasteiger partial charge in [0.1, 0.15) is 11.6 Å². The number of anilines is 1. The molecule has 1 aromatic carbocycles. The second kappa shape index (κ2) is 12.5. The average molecular weight is 593 g/mol. The van der Waals surface area contributed by atoms with E-state index in [1.165, 1.54) is 0 Å². The molecule has 6 rings (SSSR count). The van der Waals surface area contributed by atoms with Crippen LogP contribution in [0.4, 0.5) is 5.69 Å². The van der Waals surface area contributed by atoms with Crippen LogP contribution >= 0.6 is 0 Å². The third-order valence-electron chi connectivity index (χ3n) is 9.94. The maximum absolute atomic E-state index is 14.6. The maximum Gasteiger partial charge on any atom is 0.249 e. The SMILES string of the molecule is CC[C@]12C=CCN(c3ccccc3)C(=O)[C@H]1[C@H]1C(=O)N(CCCCCO)C3C(=O)N(CCN4CCOCC4)CC=C[C@@]31O2. The zero-order valence-corrected chi connectivity index (χ0v) is 25.1. The van der Waals surface area contributed by atoms with E-state index < -0.39 is 29.1 Å². The van der Waals surface area contributed by atoms with Crippen LogP contribution in [0, 0.1) is 11.8 Å². The number of aliphatic hydroxyl groups is 1. The Morgan fingerprint density at radius 2 is 1.63 bits per heavy atom. The zero-order valence-electron chi connectivity index (χ0n) is 25.1. The number of rotatable bonds is 10. The van der Waals surface area contributed by atoms with E-state index in [0.29, 0.717) is 58.7 Å². The van der Waals surface area contributed by atoms with Gasteiger partial charge in [-0.05, 0) is 37.8 Å². The first-order valence-corrected chi connectivity index (χ1v) is 15.9. The second-order valence-electron chi connectivity index (χ2n) is 12.3. The summed E-state index contributed by atoms with van der Waals surface area (Å²) in [4.78, 5) is 51.2. The van der Waals surface area contributed by atoms with Gasteiger partial charge in [0.2, 0.25) is 17.7 Å². The number of para-hydroxylation sites is 1. The first-order valence-electron chi connectivity index (χ1n) is 15.9. The van der Waals surface area contributed by atoms with Gasteiger partial charge in [-0.2, -0.15) is 0 Å². The van der Waals surface area contributed by atoms with Crippen LogP contribution in [-0.2, 0) is 23.9 Å². The summed E-state index contributed by atoms with van der Waals surface area (Å²) in [6.07, 6.45) is 10.4. The molecule has 0 aromatic heterocycles. The van der Waals surface area contributed by atoms with E-state index in [-0.39, 0.29) is 24.3 Å². The molecule has 232 valence electrons. The van der Waals surface area contributed by atoms with Crippen molar-refractivity contribution in [2.24, 2.45) is 11.8 Å². The van der Waals surface area contributed by atoms with Crippen LogP contribution in [0.1, 0.15) is 32.6 Å². The molecule has 5 aliphatic rings. The molecule has 5 heterocycles. The first-order chi connectivity index (χ1) is 21.0. The summed E-state index contributed by atoms with van der Waals surface area (Å²) in [7, 11) is 0. The van der Waals surface area contributed by atoms with Crippen molar-refractivity contribution in [3.05, 3.63) is 54.6 Å². The molecule has 3 fully saturated rings. The van der Waals surface area contributed by atoms with Gasteiger partial charge in [0.15, 0.2) is 0 Å². The van der Waals surface area contributed by atoms with Crippen LogP contribution in [0.25, 0.3) is 0 Å². The molecule has 10 nitrogen and oxygen atoms in total. The monoisotopic (exact) mass is 592 g/mol. The highest BCUT2D eigenvalue weighted by atomic mass is 16.5. The molecule has 0 aliphatic carbocycles. The van der Waals surface area contributed by atoms with Gasteiger partial charge < -0.3 is 29.3 Å². The number of ether oxygens (including phenoxy) is 2. The minimum atomic E-state index is -1.25. The van der Waals surface area contributed by atoms with E-state index in [2.05, 4.69) is 4.90 Å². The number of hydrogen-bond donors (Lipinski definition) is 1. The number of amides is 3. The van der Waals surface area contributed by atoms with E-state index in [1.54, 1.807) is 9.80 Å². The standard InChI is InChI=1S/C33H44N4O6/c1-2-32-13-9-17-36(25-11-5-3-6-12-25)29(39)26(32)27-30(40)37(16-7-4-8-22-38)28-31(41)35(15-10-14-33(27,28)43-32)19-18-34-20-23-42-24-21-34/h3,5-6,9-14,26-28,38H,2,4,7-8,15-24H2,1H3/t26-,27+,28?,32+,33+/m1/s1. The van der Waals surface area contributed by atoms with Gasteiger partial charge in [-0.3, -0.25) is 19.3 Å². The lowest BCUT2D eigenvalue weighted by molar-refractivity contribution is -0.152. The highest BCUT2D eigenvalue weighted by molar-refractivity contribution is 6.04. The van der Waals surface area contributed by atoms with Gasteiger partial charge in [-0.1, -0.05) is 49.4 Å². The number of carbonyl (C=O) groups excluding carboxylic acids is 3. The number of carbonyl (C=O) groups is 3. The van der Waals surface area contributed by atoms with Gasteiger partial charge in [0.05, 0.1) is 30.7 Å². The molecule has 3 saturated heterocycles. The summed E-state index contributed by atoms with van der Waals surface area (Å²) in [5.74, 6) is -2.07. The maximum atomic E-state index is 14.6. The predicted octanol–water partition coefficient (Wildman–Crippen LogP) is 1.84. The number of unbranched alkanes of at least 4 members (excludes halogenated alkanes) is 2. The van der Waals surface area contributed by atoms with Crippen LogP contribution < -0.4 is 4.90 Å². The minimum absolute atomic E-state index is 0.0846. The second-order valence-corrected chi connectivity index (χ2v) is 12.3. The van der Waals surface area contributed by atoms with Crippen LogP contribution in [0.3, 0.4) is 0 Å². The van der Waals surface area contributed by atoms with Crippen LogP contribution in [0.15, 0.2) is 54.6 Å². The molecule has 5 aliphatic heterocycles. The molecule has 5 atom stereocenters. The summed E-state index contributed by atoms with van der Waals surface area (Å²) in [6.45, 7) is 7.57. The molecule has 1 unspecified atom stereocenters. The minimum Gasteiger partial charge on any atom is -0.396 e. The molecular formula is C33H44N4O6. The normalized spacial score (nSPS) is 32.6. The fourth-order valence-electron chi connectivity index (χ4n) is 7.75. The highest BCUT2D eigenvalue weighted by Crippen LogP contribution is 2.58. The molecule has 0 radical (unpaired) electrons. The van der Waals surface area contributed by atoms with Crippen molar-refractivity contribution in [3.63, 3.8) is 0 Å². The number of likely N-dealkylation sites (tertiary alicyclic amines) is 1. The highest BCUT2D eigenvalue weighted by Gasteiger charge is 2.75. The molecule has 0 saturated carbocycles. The predicted molar refractivity (Wildman–Crippen MR) is 161 cm³/mol. The first kappa shape index (κ1) is 30.0. The topological polar surface area (TPSA) is 103 Å². The number of nitrogens with zero attached hydrogens (tertiary/aromatic N) is 4. The van der Waals surface area contributed by atoms with Crippen molar-refractivity contribution in [1.29, 1.82) is 0 Å². The zero-order chi connectivity index (χ0) is 30.0. The molecule has 10 heteroatoms. The van der Waals surface area contributed by atoms with Crippen LogP contribution in [0.2, 0.25) is 0 Å². The summed E-state index contributed by atoms with van der Waals surface area (Å²) >= 11 is 0. The van der Waals surface area contributed by atoms with Gasteiger partial charge in [0.25, 0.3) is 0 Å². The van der Waals surface area contributed by atoms with Crippen molar-refractivity contribution in [1.82, 2.24) is 14.7 Å². The Labute approximate surface area is 253 Å². The van der Waals surface area contributed by atoms with E-state index in [1.807, 2.05) is 66.5 Å². The number of benzene rings is 1. The number of aliphatic hydroxyl groups excluding tert-OH is 1. The lowest BCUT2D eigenvalue weighted by Crippen LogP contribution is -2.57. The van der Waals surface area contributed by atoms with Crippen molar-refractivity contribution in [2.75, 3.05) is 70.5 Å². The molecule has 43 heavy (non-hydrogen) atoms. The van der Waals surface area contributed by atoms with E-state index >= 15 is 0 Å². The van der Waals surface area contributed by atoms with Crippen molar-refractivity contribution >= 4 is 23.4 Å². The van der Waals surface area contributed by atoms with Crippen LogP contribution in [0.5, 0.6) is 0 Å². The lowest BCUT2D eigenvalue weighted by atomic mass is 9.73. The number of morpholine rings is 1. The molecule has 0 bridgehead atoms. The summed E-state index contributed by atoms with van der Waals surface area (Å²) in [5, 5.41) is 9.34. The van der Waals surface area contributed by atoms with Crippen molar-refractivity contribution in [3.8, 4) is 0 Å². The molecule has 3 amide bonds. The van der Waals surface area contributed by atoms with Crippen molar-refractivity contribution in [2.45, 2.75) is 49.9 Å². The summed E-state index contributed by atoms with van der Waals surface area (Å²) in [6, 6.07) is 8.68. The Hall–Kier alpha value is -3.05. The van der Waals surface area contributed by atoms with Crippen LogP contribution in [-0.4, -0.2) is 120 Å². The van der Waals surface area contributed by atoms with Crippen molar-refractivity contribution < 1.29 is 29.0 Å². The van der Waals surface area contributed by atoms with Gasteiger partial charge in [0, 0.05) is 58.1 Å². The van der Waals surface area contributed by atoms with E-state index in [0.717, 1.165) is 31.7 Å². The summed E-state index contributed by atoms with van der Waals surface area (Å²) < 4.78 is 12.6. The molecule has 1 spiro atoms. The van der Waals surface area contributed by atoms with Gasteiger partial charge in [-0.15, -0.1) is 0 Å². The average Bonchev–Trinajstić information content (AvgIpc) is 3.32. The lowest BCUT2D eigenvalue weighted by Gasteiger charge is -2.39. The molecule has 1 N–H and O–H groups in total. The number of hydrogen-bond acceptors (Lipinski definition) is 7. The van der Waals surface area contributed by atoms with Gasteiger partial charge in [-0.25, -0.2) is 0 Å². The van der Waals surface area contributed by atoms with E-state index in [4.69, 9.17) is 9.47 Å².